The van der Waals surface area contributed by atoms with Gasteiger partial charge in [-0.3, -0.25) is 0 Å². The van der Waals surface area contributed by atoms with Crippen molar-refractivity contribution in [3.8, 4) is 17.6 Å². The van der Waals surface area contributed by atoms with E-state index in [0.29, 0.717) is 17.0 Å². The zero-order valence-corrected chi connectivity index (χ0v) is 12.7. The van der Waals surface area contributed by atoms with Gasteiger partial charge in [-0.15, -0.1) is 0 Å². The summed E-state index contributed by atoms with van der Waals surface area (Å²) >= 11 is 0. The first-order chi connectivity index (χ1) is 9.96. The fraction of sp³-hybridized carbons (Fsp3) is 0.278. The van der Waals surface area contributed by atoms with Crippen LogP contribution in [-0.2, 0) is 5.41 Å². The molecule has 0 saturated carbocycles. The molecule has 2 N–H and O–H groups in total. The van der Waals surface area contributed by atoms with Gasteiger partial charge in [0.05, 0.1) is 11.3 Å². The number of ether oxygens (including phenoxy) is 1. The minimum absolute atomic E-state index is 0.164. The van der Waals surface area contributed by atoms with Crippen LogP contribution in [0, 0.1) is 11.3 Å². The minimum Gasteiger partial charge on any atom is -0.457 e. The molecule has 0 spiro atoms. The largest absolute Gasteiger partial charge is 0.457 e. The second-order valence-electron chi connectivity index (χ2n) is 5.72. The van der Waals surface area contributed by atoms with Gasteiger partial charge in [0.25, 0.3) is 0 Å². The topological polar surface area (TPSA) is 59.0 Å². The summed E-state index contributed by atoms with van der Waals surface area (Å²) in [5.41, 5.74) is 8.12. The van der Waals surface area contributed by atoms with Gasteiger partial charge in [-0.05, 0) is 41.7 Å². The minimum atomic E-state index is 0.164. The van der Waals surface area contributed by atoms with Gasteiger partial charge in [0.15, 0.2) is 0 Å². The zero-order valence-electron chi connectivity index (χ0n) is 12.7. The quantitative estimate of drug-likeness (QED) is 0.831. The molecule has 3 heteroatoms. The third-order valence-corrected chi connectivity index (χ3v) is 3.90. The first-order valence-electron chi connectivity index (χ1n) is 7.04. The Balaban J connectivity index is 2.18. The number of nitrogens with zero attached hydrogens (tertiary/aromatic N) is 1. The summed E-state index contributed by atoms with van der Waals surface area (Å²) in [6, 6.07) is 15.2. The molecule has 108 valence electrons. The summed E-state index contributed by atoms with van der Waals surface area (Å²) < 4.78 is 5.77. The van der Waals surface area contributed by atoms with Crippen LogP contribution in [-0.4, -0.2) is 0 Å². The van der Waals surface area contributed by atoms with E-state index in [1.165, 1.54) is 5.56 Å². The van der Waals surface area contributed by atoms with Gasteiger partial charge < -0.3 is 10.5 Å². The molecule has 0 radical (unpaired) electrons. The molecule has 0 aliphatic heterocycles. The van der Waals surface area contributed by atoms with Gasteiger partial charge in [-0.1, -0.05) is 32.9 Å². The van der Waals surface area contributed by atoms with Crippen molar-refractivity contribution in [2.45, 2.75) is 32.6 Å². The molecule has 0 amide bonds. The molecular formula is C18H20N2O. The van der Waals surface area contributed by atoms with Gasteiger partial charge in [0.1, 0.15) is 17.6 Å². The Labute approximate surface area is 126 Å². The highest BCUT2D eigenvalue weighted by Crippen LogP contribution is 2.30. The van der Waals surface area contributed by atoms with E-state index in [4.69, 9.17) is 15.7 Å². The van der Waals surface area contributed by atoms with Crippen LogP contribution < -0.4 is 10.5 Å². The van der Waals surface area contributed by atoms with Gasteiger partial charge in [-0.25, -0.2) is 0 Å². The highest BCUT2D eigenvalue weighted by molar-refractivity contribution is 5.57. The lowest BCUT2D eigenvalue weighted by Gasteiger charge is -2.23. The van der Waals surface area contributed by atoms with Crippen molar-refractivity contribution < 1.29 is 4.74 Å². The molecule has 0 atom stereocenters. The summed E-state index contributed by atoms with van der Waals surface area (Å²) in [5, 5.41) is 8.86. The van der Waals surface area contributed by atoms with E-state index < -0.39 is 0 Å². The highest BCUT2D eigenvalue weighted by Gasteiger charge is 2.17. The first kappa shape index (κ1) is 14.9. The van der Waals surface area contributed by atoms with Crippen LogP contribution in [0.3, 0.4) is 0 Å². The third-order valence-electron chi connectivity index (χ3n) is 3.90. The molecular weight excluding hydrogens is 260 g/mol. The van der Waals surface area contributed by atoms with E-state index in [1.807, 2.05) is 18.2 Å². The van der Waals surface area contributed by atoms with Crippen molar-refractivity contribution in [3.05, 3.63) is 53.6 Å². The Kier molecular flexibility index (Phi) is 4.18. The fourth-order valence-corrected chi connectivity index (χ4v) is 2.02. The first-order valence-corrected chi connectivity index (χ1v) is 7.04. The number of nitrogen functional groups attached to an aromatic ring is 1. The number of anilines is 1. The summed E-state index contributed by atoms with van der Waals surface area (Å²) in [7, 11) is 0. The van der Waals surface area contributed by atoms with E-state index >= 15 is 0 Å². The Morgan fingerprint density at radius 1 is 1.10 bits per heavy atom. The summed E-state index contributed by atoms with van der Waals surface area (Å²) in [6.07, 6.45) is 1.08. The zero-order chi connectivity index (χ0) is 15.5. The van der Waals surface area contributed by atoms with Crippen molar-refractivity contribution >= 4 is 5.69 Å². The predicted molar refractivity (Wildman–Crippen MR) is 85.4 cm³/mol. The van der Waals surface area contributed by atoms with E-state index in [2.05, 4.69) is 32.9 Å². The lowest BCUT2D eigenvalue weighted by atomic mass is 9.82. The third kappa shape index (κ3) is 3.35. The van der Waals surface area contributed by atoms with Crippen LogP contribution in [0.5, 0.6) is 11.5 Å². The van der Waals surface area contributed by atoms with Crippen LogP contribution in [0.25, 0.3) is 0 Å². The maximum atomic E-state index is 8.86. The molecule has 0 saturated heterocycles. The van der Waals surface area contributed by atoms with Crippen LogP contribution >= 0.6 is 0 Å². The number of hydrogen-bond donors (Lipinski definition) is 1. The van der Waals surface area contributed by atoms with Crippen LogP contribution in [0.2, 0.25) is 0 Å². The van der Waals surface area contributed by atoms with Crippen molar-refractivity contribution in [2.24, 2.45) is 0 Å². The molecule has 0 unspecified atom stereocenters. The van der Waals surface area contributed by atoms with Crippen LogP contribution in [0.1, 0.15) is 38.3 Å². The molecule has 0 bridgehead atoms. The molecule has 0 fully saturated rings. The molecule has 21 heavy (non-hydrogen) atoms. The maximum Gasteiger partial charge on any atom is 0.129 e. The normalized spacial score (nSPS) is 11.0. The van der Waals surface area contributed by atoms with Crippen molar-refractivity contribution in [2.75, 3.05) is 5.73 Å². The SMILES string of the molecule is CCC(C)(C)c1ccc(Oc2ccc(C#N)c(N)c2)cc1. The number of nitrogens with two attached hydrogens (primary N) is 1. The van der Waals surface area contributed by atoms with Gasteiger partial charge in [-0.2, -0.15) is 5.26 Å². The van der Waals surface area contributed by atoms with E-state index in [0.717, 1.165) is 12.2 Å². The number of benzene rings is 2. The number of rotatable bonds is 4. The lowest BCUT2D eigenvalue weighted by molar-refractivity contribution is 0.478. The Hall–Kier alpha value is -2.47. The van der Waals surface area contributed by atoms with Crippen LogP contribution in [0.4, 0.5) is 5.69 Å². The monoisotopic (exact) mass is 280 g/mol. The standard InChI is InChI=1S/C18H20N2O/c1-4-18(2,3)14-6-9-15(10-7-14)21-16-8-5-13(12-19)17(20)11-16/h5-11H,4,20H2,1-3H3. The maximum absolute atomic E-state index is 8.86. The fourth-order valence-electron chi connectivity index (χ4n) is 2.02. The summed E-state index contributed by atoms with van der Waals surface area (Å²) in [6.45, 7) is 6.64. The Bertz CT molecular complexity index is 667. The summed E-state index contributed by atoms with van der Waals surface area (Å²) in [5.74, 6) is 1.39. The van der Waals surface area contributed by atoms with Crippen molar-refractivity contribution in [3.63, 3.8) is 0 Å². The smallest absolute Gasteiger partial charge is 0.129 e. The van der Waals surface area contributed by atoms with Crippen molar-refractivity contribution in [1.82, 2.24) is 0 Å². The number of nitriles is 1. The van der Waals surface area contributed by atoms with Gasteiger partial charge in [0.2, 0.25) is 0 Å². The second-order valence-corrected chi connectivity index (χ2v) is 5.72. The van der Waals surface area contributed by atoms with Crippen molar-refractivity contribution in [1.29, 1.82) is 5.26 Å². The Morgan fingerprint density at radius 3 is 2.24 bits per heavy atom. The van der Waals surface area contributed by atoms with Gasteiger partial charge in [0, 0.05) is 6.07 Å². The van der Waals surface area contributed by atoms with E-state index in [1.54, 1.807) is 18.2 Å². The molecule has 2 aromatic carbocycles. The predicted octanol–water partition coefficient (Wildman–Crippen LogP) is 4.62. The molecule has 3 nitrogen and oxygen atoms in total. The molecule has 0 aliphatic carbocycles. The average molecular weight is 280 g/mol. The lowest BCUT2D eigenvalue weighted by Crippen LogP contribution is -2.14. The Morgan fingerprint density at radius 2 is 1.71 bits per heavy atom. The summed E-state index contributed by atoms with van der Waals surface area (Å²) in [4.78, 5) is 0. The van der Waals surface area contributed by atoms with E-state index in [9.17, 15) is 0 Å². The highest BCUT2D eigenvalue weighted by atomic mass is 16.5. The average Bonchev–Trinajstić information content (AvgIpc) is 2.48. The molecule has 0 heterocycles. The van der Waals surface area contributed by atoms with Crippen LogP contribution in [0.15, 0.2) is 42.5 Å². The molecule has 0 aromatic heterocycles. The molecule has 2 rings (SSSR count). The van der Waals surface area contributed by atoms with Gasteiger partial charge >= 0.3 is 0 Å². The second kappa shape index (κ2) is 5.88. The number of hydrogen-bond acceptors (Lipinski definition) is 3. The van der Waals surface area contributed by atoms with E-state index in [-0.39, 0.29) is 5.41 Å². The molecule has 2 aromatic rings. The molecule has 0 aliphatic rings.